The van der Waals surface area contributed by atoms with Crippen LogP contribution in [0, 0.1) is 17.7 Å². The van der Waals surface area contributed by atoms with Gasteiger partial charge in [0.15, 0.2) is 0 Å². The summed E-state index contributed by atoms with van der Waals surface area (Å²) in [6.45, 7) is 3.29. The maximum absolute atomic E-state index is 13.5. The van der Waals surface area contributed by atoms with Crippen molar-refractivity contribution in [3.63, 3.8) is 0 Å². The number of hydrogen-bond donors (Lipinski definition) is 1. The molecule has 0 bridgehead atoms. The Kier molecular flexibility index (Phi) is 6.83. The lowest BCUT2D eigenvalue weighted by Crippen LogP contribution is -2.52. The number of piperidine rings is 1. The molecule has 3 atom stereocenters. The number of nitrogens with two attached hydrogens (primary N) is 1. The molecule has 1 aromatic rings. The summed E-state index contributed by atoms with van der Waals surface area (Å²) in [4.78, 5) is 14.7. The van der Waals surface area contributed by atoms with E-state index >= 15 is 0 Å². The molecule has 3 aliphatic rings. The first-order valence-corrected chi connectivity index (χ1v) is 11.1. The second-order valence-corrected chi connectivity index (χ2v) is 8.92. The number of likely N-dealkylation sites (tertiary alicyclic amines) is 1. The number of hydrogen-bond acceptors (Lipinski definition) is 4. The number of ether oxygens (including phenoxy) is 2. The zero-order valence-corrected chi connectivity index (χ0v) is 17.1. The van der Waals surface area contributed by atoms with Crippen LogP contribution in [0.1, 0.15) is 50.0 Å². The van der Waals surface area contributed by atoms with Gasteiger partial charge in [0.1, 0.15) is 5.82 Å². The molecule has 1 aliphatic carbocycles. The molecule has 0 radical (unpaired) electrons. The Morgan fingerprint density at radius 3 is 2.76 bits per heavy atom. The first-order chi connectivity index (χ1) is 14.1. The molecule has 5 nitrogen and oxygen atoms in total. The van der Waals surface area contributed by atoms with Crippen LogP contribution in [0.25, 0.3) is 0 Å². The van der Waals surface area contributed by atoms with E-state index in [0.29, 0.717) is 32.3 Å². The van der Waals surface area contributed by atoms with E-state index in [4.69, 9.17) is 15.2 Å². The van der Waals surface area contributed by atoms with Crippen LogP contribution in [0.4, 0.5) is 4.39 Å². The predicted molar refractivity (Wildman–Crippen MR) is 109 cm³/mol. The molecule has 3 unspecified atom stereocenters. The molecule has 29 heavy (non-hydrogen) atoms. The molecule has 2 heterocycles. The van der Waals surface area contributed by atoms with Crippen LogP contribution in [-0.4, -0.2) is 55.9 Å². The maximum atomic E-state index is 13.5. The maximum Gasteiger partial charge on any atom is 0.228 e. The van der Waals surface area contributed by atoms with Crippen molar-refractivity contribution in [1.29, 1.82) is 0 Å². The normalized spacial score (nSPS) is 33.0. The molecule has 2 saturated heterocycles. The molecule has 0 aromatic heterocycles. The minimum atomic E-state index is -0.157. The minimum absolute atomic E-state index is 0.0176. The highest BCUT2D eigenvalue weighted by Gasteiger charge is 2.34. The molecule has 1 aromatic carbocycles. The highest BCUT2D eigenvalue weighted by atomic mass is 19.1. The van der Waals surface area contributed by atoms with Crippen molar-refractivity contribution >= 4 is 5.91 Å². The zero-order chi connectivity index (χ0) is 20.2. The summed E-state index contributed by atoms with van der Waals surface area (Å²) in [5.74, 6) is 0.689. The Labute approximate surface area is 172 Å². The van der Waals surface area contributed by atoms with Gasteiger partial charge >= 0.3 is 0 Å². The number of amides is 1. The van der Waals surface area contributed by atoms with Crippen molar-refractivity contribution in [3.8, 4) is 0 Å². The molecule has 4 rings (SSSR count). The number of carbonyl (C=O) groups is 1. The van der Waals surface area contributed by atoms with Crippen LogP contribution in [0.3, 0.4) is 0 Å². The van der Waals surface area contributed by atoms with Gasteiger partial charge in [-0.2, -0.15) is 0 Å². The van der Waals surface area contributed by atoms with E-state index in [9.17, 15) is 9.18 Å². The van der Waals surface area contributed by atoms with Crippen molar-refractivity contribution in [2.45, 2.75) is 56.6 Å². The highest BCUT2D eigenvalue weighted by molar-refractivity contribution is 5.79. The number of carbonyl (C=O) groups excluding carboxylic acids is 1. The molecule has 1 amide bonds. The predicted octanol–water partition coefficient (Wildman–Crippen LogP) is 3.08. The van der Waals surface area contributed by atoms with E-state index in [1.807, 2.05) is 11.0 Å². The molecule has 2 N–H and O–H groups in total. The number of benzene rings is 1. The molecular weight excluding hydrogens is 371 g/mol. The van der Waals surface area contributed by atoms with Crippen molar-refractivity contribution < 1.29 is 18.7 Å². The lowest BCUT2D eigenvalue weighted by Gasteiger charge is -2.39. The molecule has 0 spiro atoms. The molecule has 6 heteroatoms. The standard InChI is InChI=1S/C23H33FN2O3/c24-20-3-1-2-17(12-20)16-4-6-21(7-5-16)29-15-19-13-26(10-8-22(19)25)23(27)18-9-11-28-14-18/h1-3,12,16,18-19,21-22H,4-11,13-15,25H2/t16-,18?,19?,21+,22?. The van der Waals surface area contributed by atoms with E-state index in [0.717, 1.165) is 50.6 Å². The van der Waals surface area contributed by atoms with Gasteiger partial charge in [0.2, 0.25) is 5.91 Å². The molecule has 1 saturated carbocycles. The van der Waals surface area contributed by atoms with Gasteiger partial charge in [-0.25, -0.2) is 4.39 Å². The monoisotopic (exact) mass is 404 g/mol. The van der Waals surface area contributed by atoms with Crippen LogP contribution in [0.5, 0.6) is 0 Å². The second-order valence-electron chi connectivity index (χ2n) is 8.92. The lowest BCUT2D eigenvalue weighted by molar-refractivity contribution is -0.138. The van der Waals surface area contributed by atoms with Gasteiger partial charge in [-0.1, -0.05) is 12.1 Å². The fourth-order valence-electron chi connectivity index (χ4n) is 5.00. The largest absolute Gasteiger partial charge is 0.381 e. The zero-order valence-electron chi connectivity index (χ0n) is 17.1. The van der Waals surface area contributed by atoms with E-state index in [2.05, 4.69) is 0 Å². The van der Waals surface area contributed by atoms with E-state index in [1.54, 1.807) is 12.1 Å². The summed E-state index contributed by atoms with van der Waals surface area (Å²) in [5, 5.41) is 0. The number of halogens is 1. The summed E-state index contributed by atoms with van der Waals surface area (Å²) in [7, 11) is 0. The third kappa shape index (κ3) is 5.16. The summed E-state index contributed by atoms with van der Waals surface area (Å²) >= 11 is 0. The van der Waals surface area contributed by atoms with Crippen LogP contribution >= 0.6 is 0 Å². The lowest BCUT2D eigenvalue weighted by atomic mass is 9.82. The van der Waals surface area contributed by atoms with Crippen molar-refractivity contribution in [3.05, 3.63) is 35.6 Å². The summed E-state index contributed by atoms with van der Waals surface area (Å²) < 4.78 is 25.1. The van der Waals surface area contributed by atoms with Crippen LogP contribution in [-0.2, 0) is 14.3 Å². The van der Waals surface area contributed by atoms with Crippen LogP contribution in [0.2, 0.25) is 0 Å². The van der Waals surface area contributed by atoms with Crippen molar-refractivity contribution in [2.75, 3.05) is 32.9 Å². The van der Waals surface area contributed by atoms with Crippen molar-refractivity contribution in [2.24, 2.45) is 17.6 Å². The quantitative estimate of drug-likeness (QED) is 0.819. The Morgan fingerprint density at radius 2 is 2.03 bits per heavy atom. The molecule has 3 fully saturated rings. The van der Waals surface area contributed by atoms with Gasteiger partial charge in [0.25, 0.3) is 0 Å². The third-order valence-corrected chi connectivity index (χ3v) is 6.92. The van der Waals surface area contributed by atoms with E-state index in [1.165, 1.54) is 6.07 Å². The van der Waals surface area contributed by atoms with Crippen molar-refractivity contribution in [1.82, 2.24) is 4.90 Å². The Morgan fingerprint density at radius 1 is 1.21 bits per heavy atom. The summed E-state index contributed by atoms with van der Waals surface area (Å²) in [5.41, 5.74) is 7.44. The smallest absolute Gasteiger partial charge is 0.228 e. The third-order valence-electron chi connectivity index (χ3n) is 6.92. The fourth-order valence-corrected chi connectivity index (χ4v) is 5.00. The van der Waals surface area contributed by atoms with E-state index in [-0.39, 0.29) is 35.7 Å². The first kappa shape index (κ1) is 20.8. The van der Waals surface area contributed by atoms with Gasteiger partial charge in [-0.15, -0.1) is 0 Å². The SMILES string of the molecule is NC1CCN(C(=O)C2CCOC2)CC1CO[C@H]1CC[C@@H](c2cccc(F)c2)CC1. The second kappa shape index (κ2) is 9.54. The molecule has 2 aliphatic heterocycles. The first-order valence-electron chi connectivity index (χ1n) is 11.1. The number of nitrogens with zero attached hydrogens (tertiary/aromatic N) is 1. The molecular formula is C23H33FN2O3. The fraction of sp³-hybridized carbons (Fsp3) is 0.696. The van der Waals surface area contributed by atoms with E-state index < -0.39 is 0 Å². The van der Waals surface area contributed by atoms with Crippen LogP contribution in [0.15, 0.2) is 24.3 Å². The van der Waals surface area contributed by atoms with Gasteiger partial charge in [-0.05, 0) is 62.1 Å². The van der Waals surface area contributed by atoms with Gasteiger partial charge in [0.05, 0.1) is 25.2 Å². The summed E-state index contributed by atoms with van der Waals surface area (Å²) in [6.07, 6.45) is 5.93. The Bertz CT molecular complexity index is 686. The van der Waals surface area contributed by atoms with Gasteiger partial charge < -0.3 is 20.1 Å². The van der Waals surface area contributed by atoms with Gasteiger partial charge in [0, 0.05) is 31.7 Å². The summed E-state index contributed by atoms with van der Waals surface area (Å²) in [6, 6.07) is 7.06. The van der Waals surface area contributed by atoms with Gasteiger partial charge in [-0.3, -0.25) is 4.79 Å². The average molecular weight is 405 g/mol. The minimum Gasteiger partial charge on any atom is -0.381 e. The Hall–Kier alpha value is -1.50. The highest BCUT2D eigenvalue weighted by Crippen LogP contribution is 2.34. The van der Waals surface area contributed by atoms with Crippen LogP contribution < -0.4 is 5.73 Å². The molecule has 160 valence electrons. The topological polar surface area (TPSA) is 64.8 Å². The Balaban J connectivity index is 1.23. The average Bonchev–Trinajstić information content (AvgIpc) is 3.28. The number of rotatable bonds is 5.